The average molecular weight is 263 g/mol. The molecule has 0 aromatic heterocycles. The normalized spacial score (nSPS) is 26.4. The molecule has 0 bridgehead atoms. The van der Waals surface area contributed by atoms with Crippen LogP contribution in [0.4, 0.5) is 0 Å². The second kappa shape index (κ2) is 6.68. The van der Waals surface area contributed by atoms with E-state index in [0.29, 0.717) is 6.04 Å². The third-order valence-corrected chi connectivity index (χ3v) is 4.36. The molecule has 0 heterocycles. The Morgan fingerprint density at radius 1 is 1.12 bits per heavy atom. The Kier molecular flexibility index (Phi) is 5.85. The van der Waals surface area contributed by atoms with Gasteiger partial charge >= 0.3 is 0 Å². The predicted octanol–water partition coefficient (Wildman–Crippen LogP) is 0.740. The van der Waals surface area contributed by atoms with Crippen molar-refractivity contribution in [3.63, 3.8) is 0 Å². The molecule has 1 aliphatic rings. The van der Waals surface area contributed by atoms with Crippen LogP contribution in [0.15, 0.2) is 0 Å². The van der Waals surface area contributed by atoms with Gasteiger partial charge in [-0.1, -0.05) is 6.92 Å². The zero-order valence-corrected chi connectivity index (χ0v) is 11.8. The molecule has 0 aromatic rings. The minimum Gasteiger partial charge on any atom is -0.314 e. The molecule has 0 atom stereocenters. The van der Waals surface area contributed by atoms with Crippen molar-refractivity contribution in [3.05, 3.63) is 0 Å². The molecule has 1 fully saturated rings. The topological polar surface area (TPSA) is 70.2 Å². The quantitative estimate of drug-likeness (QED) is 0.662. The van der Waals surface area contributed by atoms with E-state index in [-0.39, 0.29) is 12.1 Å². The SMILES string of the molecule is CCNC1CCC(NS(=O)(=O)NC(C)C)CC1. The van der Waals surface area contributed by atoms with Crippen molar-refractivity contribution in [1.29, 1.82) is 0 Å². The van der Waals surface area contributed by atoms with Crippen molar-refractivity contribution < 1.29 is 8.42 Å². The van der Waals surface area contributed by atoms with Crippen molar-refractivity contribution in [2.24, 2.45) is 0 Å². The van der Waals surface area contributed by atoms with Gasteiger partial charge in [0.1, 0.15) is 0 Å². The van der Waals surface area contributed by atoms with Gasteiger partial charge < -0.3 is 5.32 Å². The van der Waals surface area contributed by atoms with E-state index in [2.05, 4.69) is 21.7 Å². The van der Waals surface area contributed by atoms with Gasteiger partial charge in [-0.3, -0.25) is 0 Å². The first-order valence-corrected chi connectivity index (χ1v) is 7.94. The molecule has 0 aromatic carbocycles. The fourth-order valence-corrected chi connectivity index (χ4v) is 3.63. The molecular weight excluding hydrogens is 238 g/mol. The van der Waals surface area contributed by atoms with Crippen LogP contribution in [0.2, 0.25) is 0 Å². The average Bonchev–Trinajstić information content (AvgIpc) is 2.18. The molecule has 1 saturated carbocycles. The Bertz CT molecular complexity index is 309. The Hall–Kier alpha value is -0.170. The summed E-state index contributed by atoms with van der Waals surface area (Å²) in [5, 5.41) is 3.41. The zero-order valence-electron chi connectivity index (χ0n) is 11.0. The molecule has 102 valence electrons. The lowest BCUT2D eigenvalue weighted by Crippen LogP contribution is -2.47. The largest absolute Gasteiger partial charge is 0.314 e. The van der Waals surface area contributed by atoms with E-state index in [1.807, 2.05) is 13.8 Å². The van der Waals surface area contributed by atoms with Crippen LogP contribution in [0.1, 0.15) is 46.5 Å². The van der Waals surface area contributed by atoms with E-state index in [9.17, 15) is 8.42 Å². The van der Waals surface area contributed by atoms with Gasteiger partial charge in [0, 0.05) is 18.1 Å². The first-order valence-electron chi connectivity index (χ1n) is 6.46. The van der Waals surface area contributed by atoms with Gasteiger partial charge in [0.25, 0.3) is 10.2 Å². The first kappa shape index (κ1) is 14.9. The van der Waals surface area contributed by atoms with E-state index in [4.69, 9.17) is 0 Å². The first-order chi connectivity index (χ1) is 7.93. The molecule has 6 heteroatoms. The molecule has 0 spiro atoms. The highest BCUT2D eigenvalue weighted by Gasteiger charge is 2.24. The summed E-state index contributed by atoms with van der Waals surface area (Å²) in [6.07, 6.45) is 3.92. The highest BCUT2D eigenvalue weighted by molar-refractivity contribution is 7.87. The second-order valence-corrected chi connectivity index (χ2v) is 6.48. The van der Waals surface area contributed by atoms with Gasteiger partial charge in [0.15, 0.2) is 0 Å². The van der Waals surface area contributed by atoms with E-state index in [1.54, 1.807) is 0 Å². The summed E-state index contributed by atoms with van der Waals surface area (Å²) >= 11 is 0. The molecule has 5 nitrogen and oxygen atoms in total. The molecule has 17 heavy (non-hydrogen) atoms. The lowest BCUT2D eigenvalue weighted by molar-refractivity contribution is 0.332. The number of hydrogen-bond acceptors (Lipinski definition) is 3. The van der Waals surface area contributed by atoms with Crippen LogP contribution in [0.5, 0.6) is 0 Å². The fourth-order valence-electron chi connectivity index (χ4n) is 2.27. The van der Waals surface area contributed by atoms with Crippen LogP contribution in [0.3, 0.4) is 0 Å². The highest BCUT2D eigenvalue weighted by Crippen LogP contribution is 2.18. The van der Waals surface area contributed by atoms with E-state index < -0.39 is 10.2 Å². The molecule has 0 saturated heterocycles. The summed E-state index contributed by atoms with van der Waals surface area (Å²) < 4.78 is 28.6. The van der Waals surface area contributed by atoms with Gasteiger partial charge in [-0.15, -0.1) is 0 Å². The van der Waals surface area contributed by atoms with Crippen LogP contribution in [-0.2, 0) is 10.2 Å². The lowest BCUT2D eigenvalue weighted by atomic mass is 9.92. The van der Waals surface area contributed by atoms with Crippen molar-refractivity contribution >= 4 is 10.2 Å². The maximum absolute atomic E-state index is 11.7. The maximum Gasteiger partial charge on any atom is 0.277 e. The fraction of sp³-hybridized carbons (Fsp3) is 1.00. The van der Waals surface area contributed by atoms with E-state index in [1.165, 1.54) is 0 Å². The monoisotopic (exact) mass is 263 g/mol. The van der Waals surface area contributed by atoms with Gasteiger partial charge in [0.2, 0.25) is 0 Å². The highest BCUT2D eigenvalue weighted by atomic mass is 32.2. The molecule has 1 aliphatic carbocycles. The minimum absolute atomic E-state index is 0.0643. The van der Waals surface area contributed by atoms with Crippen LogP contribution < -0.4 is 14.8 Å². The summed E-state index contributed by atoms with van der Waals surface area (Å²) in [6, 6.07) is 0.575. The van der Waals surface area contributed by atoms with Crippen LogP contribution in [0.25, 0.3) is 0 Å². The molecule has 0 aliphatic heterocycles. The van der Waals surface area contributed by atoms with E-state index in [0.717, 1.165) is 32.2 Å². The Morgan fingerprint density at radius 3 is 2.12 bits per heavy atom. The van der Waals surface area contributed by atoms with E-state index >= 15 is 0 Å². The van der Waals surface area contributed by atoms with Crippen LogP contribution in [0, 0.1) is 0 Å². The summed E-state index contributed by atoms with van der Waals surface area (Å²) in [7, 11) is -3.33. The van der Waals surface area contributed by atoms with Gasteiger partial charge in [-0.2, -0.15) is 17.9 Å². The summed E-state index contributed by atoms with van der Waals surface area (Å²) in [5.74, 6) is 0. The van der Waals surface area contributed by atoms with Gasteiger partial charge in [0.05, 0.1) is 0 Å². The molecule has 0 radical (unpaired) electrons. The molecule has 1 rings (SSSR count). The Morgan fingerprint density at radius 2 is 1.65 bits per heavy atom. The van der Waals surface area contributed by atoms with Crippen molar-refractivity contribution in [3.8, 4) is 0 Å². The molecule has 0 amide bonds. The van der Waals surface area contributed by atoms with Gasteiger partial charge in [-0.05, 0) is 46.1 Å². The van der Waals surface area contributed by atoms with Crippen molar-refractivity contribution in [2.45, 2.75) is 64.6 Å². The summed E-state index contributed by atoms with van der Waals surface area (Å²) in [5.41, 5.74) is 0. The van der Waals surface area contributed by atoms with Crippen molar-refractivity contribution in [1.82, 2.24) is 14.8 Å². The molecule has 3 N–H and O–H groups in total. The smallest absolute Gasteiger partial charge is 0.277 e. The minimum atomic E-state index is -3.33. The number of hydrogen-bond donors (Lipinski definition) is 3. The number of rotatable bonds is 6. The number of nitrogens with one attached hydrogen (secondary N) is 3. The zero-order chi connectivity index (χ0) is 12.9. The summed E-state index contributed by atoms with van der Waals surface area (Å²) in [4.78, 5) is 0. The predicted molar refractivity (Wildman–Crippen MR) is 70.0 cm³/mol. The Balaban J connectivity index is 2.35. The van der Waals surface area contributed by atoms with Gasteiger partial charge in [-0.25, -0.2) is 0 Å². The lowest BCUT2D eigenvalue weighted by Gasteiger charge is -2.29. The third-order valence-electron chi connectivity index (χ3n) is 2.93. The summed E-state index contributed by atoms with van der Waals surface area (Å²) in [6.45, 7) is 6.72. The standard InChI is InChI=1S/C11H25N3O2S/c1-4-12-10-5-7-11(8-6-10)14-17(15,16)13-9(2)3/h9-14H,4-8H2,1-3H3. The second-order valence-electron chi connectivity index (χ2n) is 5.00. The maximum atomic E-state index is 11.7. The van der Waals surface area contributed by atoms with Crippen LogP contribution in [-0.4, -0.2) is 33.1 Å². The van der Waals surface area contributed by atoms with Crippen molar-refractivity contribution in [2.75, 3.05) is 6.54 Å². The Labute approximate surface area is 105 Å². The van der Waals surface area contributed by atoms with Crippen LogP contribution >= 0.6 is 0 Å². The third kappa shape index (κ3) is 5.81. The molecular formula is C11H25N3O2S. The molecule has 0 unspecified atom stereocenters.